The minimum atomic E-state index is -0.246. The summed E-state index contributed by atoms with van der Waals surface area (Å²) in [6.07, 6.45) is 2.99. The van der Waals surface area contributed by atoms with Gasteiger partial charge in [-0.1, -0.05) is 0 Å². The zero-order chi connectivity index (χ0) is 8.27. The zero-order valence-electron chi connectivity index (χ0n) is 6.88. The molecular formula is C8H14NO2. The number of rotatable bonds is 0. The van der Waals surface area contributed by atoms with E-state index < -0.39 is 0 Å². The first-order chi connectivity index (χ1) is 5.25. The van der Waals surface area contributed by atoms with Crippen LogP contribution in [0.3, 0.4) is 0 Å². The van der Waals surface area contributed by atoms with Crippen molar-refractivity contribution < 1.29 is 9.53 Å². The highest BCUT2D eigenvalue weighted by Gasteiger charge is 2.23. The van der Waals surface area contributed by atoms with Crippen LogP contribution in [0.4, 0.5) is 4.79 Å². The number of hydrogen-bond donors (Lipinski definition) is 0. The minimum Gasteiger partial charge on any atom is -0.453 e. The van der Waals surface area contributed by atoms with E-state index in [0.717, 1.165) is 19.4 Å². The molecule has 1 fully saturated rings. The van der Waals surface area contributed by atoms with Gasteiger partial charge in [-0.3, -0.25) is 0 Å². The lowest BCUT2D eigenvalue weighted by atomic mass is 10.0. The largest absolute Gasteiger partial charge is 0.453 e. The quantitative estimate of drug-likeness (QED) is 0.531. The van der Waals surface area contributed by atoms with Crippen molar-refractivity contribution in [3.63, 3.8) is 0 Å². The molecule has 0 N–H and O–H groups in total. The molecule has 1 amide bonds. The molecule has 0 saturated carbocycles. The summed E-state index contributed by atoms with van der Waals surface area (Å²) < 4.78 is 4.61. The van der Waals surface area contributed by atoms with E-state index in [4.69, 9.17) is 0 Å². The molecule has 0 aromatic carbocycles. The van der Waals surface area contributed by atoms with Crippen molar-refractivity contribution in [3.05, 3.63) is 6.92 Å². The fraction of sp³-hybridized carbons (Fsp3) is 0.750. The average Bonchev–Trinajstić information content (AvgIpc) is 2.04. The predicted molar refractivity (Wildman–Crippen MR) is 42.1 cm³/mol. The molecule has 11 heavy (non-hydrogen) atoms. The fourth-order valence-corrected chi connectivity index (χ4v) is 1.36. The molecule has 1 heterocycles. The number of methoxy groups -OCH3 is 1. The van der Waals surface area contributed by atoms with Gasteiger partial charge in [0.2, 0.25) is 0 Å². The molecule has 3 heteroatoms. The second-order valence-corrected chi connectivity index (χ2v) is 2.81. The average molecular weight is 156 g/mol. The van der Waals surface area contributed by atoms with Crippen LogP contribution in [0.5, 0.6) is 0 Å². The summed E-state index contributed by atoms with van der Waals surface area (Å²) in [7, 11) is 1.41. The number of likely N-dealkylation sites (tertiary alicyclic amines) is 1. The Balaban J connectivity index is 2.47. The molecule has 1 aliphatic heterocycles. The monoisotopic (exact) mass is 156 g/mol. The predicted octanol–water partition coefficient (Wildman–Crippen LogP) is 1.44. The first kappa shape index (κ1) is 8.37. The lowest BCUT2D eigenvalue weighted by Gasteiger charge is -2.31. The summed E-state index contributed by atoms with van der Waals surface area (Å²) >= 11 is 0. The lowest BCUT2D eigenvalue weighted by molar-refractivity contribution is 0.100. The van der Waals surface area contributed by atoms with Crippen LogP contribution in [0.25, 0.3) is 0 Å². The Morgan fingerprint density at radius 3 is 2.91 bits per heavy atom. The Labute approximate surface area is 67.3 Å². The molecular weight excluding hydrogens is 142 g/mol. The first-order valence-electron chi connectivity index (χ1n) is 3.93. The Bertz CT molecular complexity index is 147. The number of hydrogen-bond acceptors (Lipinski definition) is 2. The van der Waals surface area contributed by atoms with Gasteiger partial charge >= 0.3 is 6.09 Å². The molecule has 0 spiro atoms. The molecule has 1 radical (unpaired) electrons. The lowest BCUT2D eigenvalue weighted by Crippen LogP contribution is -2.42. The van der Waals surface area contributed by atoms with Gasteiger partial charge < -0.3 is 9.64 Å². The molecule has 0 bridgehead atoms. The summed E-state index contributed by atoms with van der Waals surface area (Å²) in [5.41, 5.74) is 0. The summed E-state index contributed by atoms with van der Waals surface area (Å²) in [6, 6.07) is 0.108. The van der Waals surface area contributed by atoms with Gasteiger partial charge in [-0.05, 0) is 26.2 Å². The third-order valence-electron chi connectivity index (χ3n) is 2.04. The number of piperidine rings is 1. The Hall–Kier alpha value is -0.730. The van der Waals surface area contributed by atoms with Gasteiger partial charge in [0.1, 0.15) is 0 Å². The molecule has 1 unspecified atom stereocenters. The van der Waals surface area contributed by atoms with Gasteiger partial charge in [-0.15, -0.1) is 0 Å². The molecule has 1 saturated heterocycles. The number of carbonyl (C=O) groups is 1. The van der Waals surface area contributed by atoms with Gasteiger partial charge in [-0.2, -0.15) is 0 Å². The maximum atomic E-state index is 11.0. The van der Waals surface area contributed by atoms with E-state index in [9.17, 15) is 4.79 Å². The topological polar surface area (TPSA) is 29.5 Å². The van der Waals surface area contributed by atoms with Crippen molar-refractivity contribution in [2.45, 2.75) is 25.3 Å². The van der Waals surface area contributed by atoms with Crippen molar-refractivity contribution in [1.82, 2.24) is 4.90 Å². The van der Waals surface area contributed by atoms with Crippen LogP contribution in [0.1, 0.15) is 19.3 Å². The van der Waals surface area contributed by atoms with Crippen molar-refractivity contribution in [3.8, 4) is 0 Å². The zero-order valence-corrected chi connectivity index (χ0v) is 6.88. The van der Waals surface area contributed by atoms with Crippen LogP contribution in [0.2, 0.25) is 0 Å². The van der Waals surface area contributed by atoms with Crippen molar-refractivity contribution in [1.29, 1.82) is 0 Å². The van der Waals surface area contributed by atoms with E-state index >= 15 is 0 Å². The van der Waals surface area contributed by atoms with Crippen LogP contribution in [-0.2, 0) is 4.74 Å². The number of ether oxygens (including phenoxy) is 1. The van der Waals surface area contributed by atoms with Crippen LogP contribution in [-0.4, -0.2) is 30.7 Å². The van der Waals surface area contributed by atoms with E-state index in [2.05, 4.69) is 11.7 Å². The van der Waals surface area contributed by atoms with Crippen LogP contribution < -0.4 is 0 Å². The molecule has 3 nitrogen and oxygen atoms in total. The summed E-state index contributed by atoms with van der Waals surface area (Å²) in [4.78, 5) is 12.7. The van der Waals surface area contributed by atoms with E-state index in [-0.39, 0.29) is 12.1 Å². The Morgan fingerprint density at radius 2 is 2.36 bits per heavy atom. The van der Waals surface area contributed by atoms with Crippen LogP contribution >= 0.6 is 0 Å². The second-order valence-electron chi connectivity index (χ2n) is 2.81. The molecule has 1 aliphatic rings. The highest BCUT2D eigenvalue weighted by atomic mass is 16.5. The molecule has 63 valence electrons. The van der Waals surface area contributed by atoms with Crippen molar-refractivity contribution >= 4 is 6.09 Å². The molecule has 1 atom stereocenters. The maximum Gasteiger partial charge on any atom is 0.409 e. The third-order valence-corrected chi connectivity index (χ3v) is 2.04. The SMILES string of the molecule is [CH2]C1CCCCN1C(=O)OC. The highest BCUT2D eigenvalue weighted by molar-refractivity contribution is 5.68. The van der Waals surface area contributed by atoms with E-state index in [0.29, 0.717) is 0 Å². The second kappa shape index (κ2) is 3.60. The van der Waals surface area contributed by atoms with E-state index in [1.54, 1.807) is 4.90 Å². The van der Waals surface area contributed by atoms with Gasteiger partial charge in [0.25, 0.3) is 0 Å². The maximum absolute atomic E-state index is 11.0. The molecule has 0 aromatic rings. The van der Waals surface area contributed by atoms with Gasteiger partial charge in [0.05, 0.1) is 7.11 Å². The summed E-state index contributed by atoms with van der Waals surface area (Å²) in [5.74, 6) is 0. The van der Waals surface area contributed by atoms with Crippen LogP contribution in [0.15, 0.2) is 0 Å². The number of nitrogens with zero attached hydrogens (tertiary/aromatic N) is 1. The minimum absolute atomic E-state index is 0.108. The third kappa shape index (κ3) is 1.85. The van der Waals surface area contributed by atoms with Gasteiger partial charge in [-0.25, -0.2) is 4.79 Å². The standard InChI is InChI=1S/C8H14NO2/c1-7-5-3-4-6-9(7)8(10)11-2/h7H,1,3-6H2,2H3. The summed E-state index contributed by atoms with van der Waals surface area (Å²) in [6.45, 7) is 4.67. The van der Waals surface area contributed by atoms with E-state index in [1.807, 2.05) is 0 Å². The molecule has 0 aromatic heterocycles. The fourth-order valence-electron chi connectivity index (χ4n) is 1.36. The Morgan fingerprint density at radius 1 is 1.64 bits per heavy atom. The normalized spacial score (nSPS) is 24.9. The Kier molecular flexibility index (Phi) is 2.74. The number of carbonyl (C=O) groups excluding carboxylic acids is 1. The first-order valence-corrected chi connectivity index (χ1v) is 3.93. The summed E-state index contributed by atoms with van der Waals surface area (Å²) in [5, 5.41) is 0. The highest BCUT2D eigenvalue weighted by Crippen LogP contribution is 2.16. The smallest absolute Gasteiger partial charge is 0.409 e. The number of amides is 1. The van der Waals surface area contributed by atoms with Crippen LogP contribution in [0, 0.1) is 6.92 Å². The van der Waals surface area contributed by atoms with Crippen molar-refractivity contribution in [2.75, 3.05) is 13.7 Å². The van der Waals surface area contributed by atoms with E-state index in [1.165, 1.54) is 13.5 Å². The van der Waals surface area contributed by atoms with Crippen molar-refractivity contribution in [2.24, 2.45) is 0 Å². The molecule has 1 rings (SSSR count). The van der Waals surface area contributed by atoms with Gasteiger partial charge in [0.15, 0.2) is 0 Å². The molecule has 0 aliphatic carbocycles. The van der Waals surface area contributed by atoms with Gasteiger partial charge in [0, 0.05) is 12.6 Å².